The van der Waals surface area contributed by atoms with E-state index >= 15 is 0 Å². The highest BCUT2D eigenvalue weighted by Gasteiger charge is 2.11. The lowest BCUT2D eigenvalue weighted by Crippen LogP contribution is -2.39. The van der Waals surface area contributed by atoms with Crippen LogP contribution in [0.1, 0.15) is 22.1 Å². The molecular formula is C21H28ClIN6OS. The number of rotatable bonds is 8. The van der Waals surface area contributed by atoms with E-state index in [1.54, 1.807) is 18.4 Å². The second-order valence-corrected chi connectivity index (χ2v) is 8.75. The molecule has 2 heterocycles. The summed E-state index contributed by atoms with van der Waals surface area (Å²) in [7, 11) is 5.65. The van der Waals surface area contributed by atoms with Gasteiger partial charge in [-0.05, 0) is 43.2 Å². The van der Waals surface area contributed by atoms with Crippen molar-refractivity contribution in [2.45, 2.75) is 26.4 Å². The quantitative estimate of drug-likeness (QED) is 0.247. The first-order chi connectivity index (χ1) is 14.5. The van der Waals surface area contributed by atoms with Crippen LogP contribution in [0.2, 0.25) is 4.34 Å². The molecule has 168 valence electrons. The summed E-state index contributed by atoms with van der Waals surface area (Å²) in [5.74, 6) is 3.38. The maximum absolute atomic E-state index is 6.08. The van der Waals surface area contributed by atoms with Crippen molar-refractivity contribution in [1.29, 1.82) is 0 Å². The highest BCUT2D eigenvalue weighted by Crippen LogP contribution is 2.22. The van der Waals surface area contributed by atoms with Crippen molar-refractivity contribution < 1.29 is 4.74 Å². The predicted octanol–water partition coefficient (Wildman–Crippen LogP) is 4.29. The topological polar surface area (TPSA) is 67.6 Å². The Balaban J connectivity index is 0.00000341. The Kier molecular flexibility index (Phi) is 10.0. The number of hydrogen-bond acceptors (Lipinski definition) is 5. The predicted molar refractivity (Wildman–Crippen MR) is 138 cm³/mol. The summed E-state index contributed by atoms with van der Waals surface area (Å²) in [5.41, 5.74) is 1.24. The summed E-state index contributed by atoms with van der Waals surface area (Å²) in [6, 6.07) is 12.1. The number of nitrogens with one attached hydrogen (secondary N) is 1. The Morgan fingerprint density at radius 3 is 2.55 bits per heavy atom. The molecule has 1 aromatic carbocycles. The van der Waals surface area contributed by atoms with Crippen LogP contribution in [0, 0.1) is 6.92 Å². The Morgan fingerprint density at radius 1 is 1.23 bits per heavy atom. The molecule has 0 saturated heterocycles. The van der Waals surface area contributed by atoms with Crippen LogP contribution in [0.15, 0.2) is 41.4 Å². The molecule has 0 atom stereocenters. The number of halogens is 2. The van der Waals surface area contributed by atoms with Gasteiger partial charge in [-0.3, -0.25) is 0 Å². The number of hydrogen-bond donors (Lipinski definition) is 1. The Morgan fingerprint density at radius 2 is 1.97 bits per heavy atom. The summed E-state index contributed by atoms with van der Waals surface area (Å²) < 4.78 is 7.97. The molecule has 0 aliphatic carbocycles. The number of aryl methyl sites for hydroxylation is 1. The molecule has 10 heteroatoms. The van der Waals surface area contributed by atoms with Crippen molar-refractivity contribution in [3.05, 3.63) is 62.8 Å². The molecule has 0 fully saturated rings. The molecule has 0 spiro atoms. The number of thiophene rings is 1. The van der Waals surface area contributed by atoms with E-state index in [1.165, 1.54) is 10.4 Å². The van der Waals surface area contributed by atoms with Gasteiger partial charge in [-0.1, -0.05) is 23.7 Å². The van der Waals surface area contributed by atoms with Crippen molar-refractivity contribution in [2.75, 3.05) is 20.7 Å². The van der Waals surface area contributed by atoms with E-state index in [0.29, 0.717) is 6.54 Å². The van der Waals surface area contributed by atoms with Gasteiger partial charge in [0.25, 0.3) is 0 Å². The molecule has 0 radical (unpaired) electrons. The number of guanidine groups is 1. The second kappa shape index (κ2) is 12.3. The van der Waals surface area contributed by atoms with Crippen LogP contribution >= 0.6 is 46.9 Å². The number of aromatic nitrogens is 3. The van der Waals surface area contributed by atoms with Crippen molar-refractivity contribution in [2.24, 2.45) is 12.0 Å². The van der Waals surface area contributed by atoms with Crippen molar-refractivity contribution in [1.82, 2.24) is 25.0 Å². The number of benzene rings is 1. The van der Waals surface area contributed by atoms with Gasteiger partial charge in [0.05, 0.1) is 18.0 Å². The van der Waals surface area contributed by atoms with Crippen LogP contribution < -0.4 is 10.1 Å². The average molecular weight is 575 g/mol. The third-order valence-corrected chi connectivity index (χ3v) is 6.01. The molecule has 0 aliphatic heterocycles. The first-order valence-corrected chi connectivity index (χ1v) is 10.9. The van der Waals surface area contributed by atoms with Gasteiger partial charge in [-0.2, -0.15) is 0 Å². The van der Waals surface area contributed by atoms with Gasteiger partial charge >= 0.3 is 0 Å². The second-order valence-electron chi connectivity index (χ2n) is 6.95. The summed E-state index contributed by atoms with van der Waals surface area (Å²) in [4.78, 5) is 8.07. The molecule has 2 aromatic heterocycles. The van der Waals surface area contributed by atoms with Crippen LogP contribution in [0.3, 0.4) is 0 Å². The number of nitrogens with zero attached hydrogens (tertiary/aromatic N) is 5. The number of methoxy groups -OCH3 is 1. The Hall–Kier alpha value is -1.85. The lowest BCUT2D eigenvalue weighted by molar-refractivity contribution is 0.414. The average Bonchev–Trinajstić information content (AvgIpc) is 3.30. The minimum absolute atomic E-state index is 0. The molecule has 0 saturated carbocycles. The lowest BCUT2D eigenvalue weighted by atomic mass is 10.1. The van der Waals surface area contributed by atoms with E-state index in [2.05, 4.69) is 32.5 Å². The first-order valence-electron chi connectivity index (χ1n) is 9.67. The first kappa shape index (κ1) is 25.4. The molecular weight excluding hydrogens is 547 g/mol. The standard InChI is InChI=1S/C21H27ClN6OS.HI/c1-15-25-26-20(28(15)3)13-24-21(27(2)14-18-9-10-19(22)30-18)23-12-11-16-5-7-17(29-4)8-6-16;/h5-10H,11-14H2,1-4H3,(H,23,24);1H. The van der Waals surface area contributed by atoms with Gasteiger partial charge in [0.15, 0.2) is 11.8 Å². The van der Waals surface area contributed by atoms with E-state index in [-0.39, 0.29) is 24.0 Å². The zero-order chi connectivity index (χ0) is 21.5. The summed E-state index contributed by atoms with van der Waals surface area (Å²) >= 11 is 7.67. The summed E-state index contributed by atoms with van der Waals surface area (Å²) in [5, 5.41) is 11.8. The van der Waals surface area contributed by atoms with Crippen molar-refractivity contribution >= 4 is 52.9 Å². The molecule has 0 unspecified atom stereocenters. The molecule has 0 amide bonds. The van der Waals surface area contributed by atoms with Gasteiger partial charge < -0.3 is 19.5 Å². The molecule has 7 nitrogen and oxygen atoms in total. The normalized spacial score (nSPS) is 11.2. The van der Waals surface area contributed by atoms with Gasteiger partial charge in [0.2, 0.25) is 0 Å². The van der Waals surface area contributed by atoms with Crippen LogP contribution in [0.25, 0.3) is 0 Å². The van der Waals surface area contributed by atoms with Gasteiger partial charge in [-0.25, -0.2) is 4.99 Å². The lowest BCUT2D eigenvalue weighted by Gasteiger charge is -2.22. The summed E-state index contributed by atoms with van der Waals surface area (Å²) in [6.07, 6.45) is 0.880. The van der Waals surface area contributed by atoms with E-state index < -0.39 is 0 Å². The number of aliphatic imine (C=N–C) groups is 1. The number of ether oxygens (including phenoxy) is 1. The smallest absolute Gasteiger partial charge is 0.194 e. The van der Waals surface area contributed by atoms with E-state index in [0.717, 1.165) is 47.2 Å². The van der Waals surface area contributed by atoms with E-state index in [9.17, 15) is 0 Å². The minimum atomic E-state index is 0. The van der Waals surface area contributed by atoms with Crippen molar-refractivity contribution in [3.8, 4) is 5.75 Å². The fourth-order valence-corrected chi connectivity index (χ4v) is 4.04. The SMILES string of the molecule is COc1ccc(CCNC(=NCc2nnc(C)n2C)N(C)Cc2ccc(Cl)s2)cc1.I. The maximum atomic E-state index is 6.08. The third-order valence-electron chi connectivity index (χ3n) is 4.79. The van der Waals surface area contributed by atoms with Crippen molar-refractivity contribution in [3.63, 3.8) is 0 Å². The van der Waals surface area contributed by atoms with E-state index in [4.69, 9.17) is 21.3 Å². The fourth-order valence-electron chi connectivity index (χ4n) is 2.90. The molecule has 3 rings (SSSR count). The largest absolute Gasteiger partial charge is 0.497 e. The molecule has 0 aliphatic rings. The maximum Gasteiger partial charge on any atom is 0.194 e. The Bertz CT molecular complexity index is 988. The molecule has 0 bridgehead atoms. The minimum Gasteiger partial charge on any atom is -0.497 e. The zero-order valence-corrected chi connectivity index (χ0v) is 22.0. The molecule has 3 aromatic rings. The molecule has 1 N–H and O–H groups in total. The van der Waals surface area contributed by atoms with Crippen LogP contribution in [-0.4, -0.2) is 46.3 Å². The summed E-state index contributed by atoms with van der Waals surface area (Å²) in [6.45, 7) is 3.88. The highest BCUT2D eigenvalue weighted by atomic mass is 127. The Labute approximate surface area is 209 Å². The van der Waals surface area contributed by atoms with Crippen LogP contribution in [0.4, 0.5) is 0 Å². The van der Waals surface area contributed by atoms with Crippen LogP contribution in [-0.2, 0) is 26.6 Å². The van der Waals surface area contributed by atoms with Crippen LogP contribution in [0.5, 0.6) is 5.75 Å². The zero-order valence-electron chi connectivity index (χ0n) is 18.1. The van der Waals surface area contributed by atoms with E-state index in [1.807, 2.05) is 49.9 Å². The van der Waals surface area contributed by atoms with Gasteiger partial charge in [-0.15, -0.1) is 45.5 Å². The van der Waals surface area contributed by atoms with Gasteiger partial charge in [0.1, 0.15) is 18.1 Å². The highest BCUT2D eigenvalue weighted by molar-refractivity contribution is 14.0. The fraction of sp³-hybridized carbons (Fsp3) is 0.381. The monoisotopic (exact) mass is 574 g/mol. The van der Waals surface area contributed by atoms with Gasteiger partial charge in [0, 0.05) is 25.5 Å². The molecule has 31 heavy (non-hydrogen) atoms. The third kappa shape index (κ3) is 7.36.